The fraction of sp³-hybridized carbons (Fsp3) is 0.0204. The Morgan fingerprint density at radius 1 is 0.423 bits per heavy atom. The topological polar surface area (TPSA) is 30.7 Å². The van der Waals surface area contributed by atoms with Crippen LogP contribution >= 0.6 is 0 Å². The van der Waals surface area contributed by atoms with E-state index in [1.165, 1.54) is 66.3 Å². The summed E-state index contributed by atoms with van der Waals surface area (Å²) in [4.78, 5) is 10.0. The Hall–Kier alpha value is -6.84. The molecular weight excluding hydrogens is 631 g/mol. The van der Waals surface area contributed by atoms with E-state index in [1.54, 1.807) is 0 Å². The lowest BCUT2D eigenvalue weighted by Gasteiger charge is -2.31. The van der Waals surface area contributed by atoms with Crippen LogP contribution in [-0.4, -0.2) is 14.5 Å². The first-order valence-electron chi connectivity index (χ1n) is 17.9. The van der Waals surface area contributed by atoms with E-state index in [0.717, 1.165) is 38.8 Å². The van der Waals surface area contributed by atoms with Crippen LogP contribution in [0.25, 0.3) is 82.8 Å². The Morgan fingerprint density at radius 2 is 1.10 bits per heavy atom. The van der Waals surface area contributed by atoms with Gasteiger partial charge < -0.3 is 4.57 Å². The molecule has 3 heteroatoms. The summed E-state index contributed by atoms with van der Waals surface area (Å²) in [6.45, 7) is 0. The molecule has 0 fully saturated rings. The van der Waals surface area contributed by atoms with E-state index in [1.807, 2.05) is 12.3 Å². The zero-order valence-electron chi connectivity index (χ0n) is 28.1. The molecular formula is C49H29N3. The van der Waals surface area contributed by atoms with Gasteiger partial charge in [-0.25, -0.2) is 4.98 Å². The average molecular weight is 660 g/mol. The molecule has 0 N–H and O–H groups in total. The smallest absolute Gasteiger partial charge is 0.0972 e. The van der Waals surface area contributed by atoms with E-state index in [2.05, 4.69) is 168 Å². The summed E-state index contributed by atoms with van der Waals surface area (Å²) in [6.07, 6.45) is 1.86. The second-order valence-corrected chi connectivity index (χ2v) is 14.1. The predicted molar refractivity (Wildman–Crippen MR) is 213 cm³/mol. The minimum atomic E-state index is -0.495. The van der Waals surface area contributed by atoms with Gasteiger partial charge in [-0.05, 0) is 93.0 Å². The number of pyridine rings is 2. The molecule has 0 amide bonds. The lowest BCUT2D eigenvalue weighted by atomic mass is 9.70. The zero-order valence-corrected chi connectivity index (χ0v) is 28.1. The van der Waals surface area contributed by atoms with Gasteiger partial charge in [-0.15, -0.1) is 0 Å². The number of benzene rings is 7. The van der Waals surface area contributed by atoms with Crippen LogP contribution in [0.5, 0.6) is 0 Å². The van der Waals surface area contributed by atoms with Gasteiger partial charge in [-0.3, -0.25) is 4.98 Å². The molecule has 0 radical (unpaired) electrons. The highest BCUT2D eigenvalue weighted by Crippen LogP contribution is 2.63. The van der Waals surface area contributed by atoms with Gasteiger partial charge in [0.1, 0.15) is 0 Å². The van der Waals surface area contributed by atoms with Crippen molar-refractivity contribution >= 4 is 43.6 Å². The number of para-hydroxylation sites is 2. The van der Waals surface area contributed by atoms with Gasteiger partial charge >= 0.3 is 0 Å². The van der Waals surface area contributed by atoms with Crippen molar-refractivity contribution in [1.82, 2.24) is 14.5 Å². The molecule has 1 atom stereocenters. The van der Waals surface area contributed by atoms with Crippen LogP contribution in [0.2, 0.25) is 0 Å². The molecule has 7 aromatic carbocycles. The van der Waals surface area contributed by atoms with Gasteiger partial charge in [-0.2, -0.15) is 0 Å². The van der Waals surface area contributed by atoms with Crippen LogP contribution in [0.1, 0.15) is 22.3 Å². The van der Waals surface area contributed by atoms with Crippen molar-refractivity contribution in [2.75, 3.05) is 0 Å². The molecule has 240 valence electrons. The maximum Gasteiger partial charge on any atom is 0.0972 e. The lowest BCUT2D eigenvalue weighted by molar-refractivity contribution is 0.794. The van der Waals surface area contributed by atoms with Gasteiger partial charge in [0.15, 0.2) is 0 Å². The Morgan fingerprint density at radius 3 is 1.94 bits per heavy atom. The lowest BCUT2D eigenvalue weighted by Crippen LogP contribution is -2.26. The summed E-state index contributed by atoms with van der Waals surface area (Å²) in [5, 5.41) is 4.73. The monoisotopic (exact) mass is 659 g/mol. The third kappa shape index (κ3) is 3.49. The molecule has 12 rings (SSSR count). The Labute approximate surface area is 300 Å². The second-order valence-electron chi connectivity index (χ2n) is 14.1. The molecule has 3 nitrogen and oxygen atoms in total. The summed E-state index contributed by atoms with van der Waals surface area (Å²) >= 11 is 0. The molecule has 52 heavy (non-hydrogen) atoms. The number of aromatic nitrogens is 3. The van der Waals surface area contributed by atoms with Crippen LogP contribution in [0, 0.1) is 0 Å². The highest BCUT2D eigenvalue weighted by atomic mass is 15.0. The van der Waals surface area contributed by atoms with E-state index in [-0.39, 0.29) is 0 Å². The number of nitrogens with zero attached hydrogens (tertiary/aromatic N) is 3. The molecule has 10 aromatic rings. The van der Waals surface area contributed by atoms with E-state index < -0.39 is 5.41 Å². The zero-order chi connectivity index (χ0) is 34.0. The first-order chi connectivity index (χ1) is 25.8. The fourth-order valence-corrected chi connectivity index (χ4v) is 9.50. The van der Waals surface area contributed by atoms with E-state index >= 15 is 0 Å². The standard InChI is InChI=1S/C49H29N3/c1-2-12-33(13-3-1)52-45-19-9-6-16-37(45)39-28-38-35-15-5-8-18-41(35)49(43(38)29-46(39)52)40-17-7-4-14-34(40)36-24-22-32(27-42(36)49)44-25-23-31-21-20-30-11-10-26-50-47(30)48(31)51-44/h1-29H. The number of rotatable bonds is 2. The number of fused-ring (bicyclic) bond motifs is 16. The summed E-state index contributed by atoms with van der Waals surface area (Å²) in [6, 6.07) is 62.4. The molecule has 2 aliphatic carbocycles. The van der Waals surface area contributed by atoms with Gasteiger partial charge in [0.2, 0.25) is 0 Å². The quantitative estimate of drug-likeness (QED) is 0.173. The Kier molecular flexibility index (Phi) is 5.43. The molecule has 0 aliphatic heterocycles. The van der Waals surface area contributed by atoms with Gasteiger partial charge in [0, 0.05) is 39.0 Å². The van der Waals surface area contributed by atoms with E-state index in [0.29, 0.717) is 0 Å². The maximum absolute atomic E-state index is 5.30. The minimum Gasteiger partial charge on any atom is -0.309 e. The maximum atomic E-state index is 5.30. The van der Waals surface area contributed by atoms with Crippen LogP contribution < -0.4 is 0 Å². The van der Waals surface area contributed by atoms with E-state index in [4.69, 9.17) is 9.97 Å². The summed E-state index contributed by atoms with van der Waals surface area (Å²) in [7, 11) is 0. The molecule has 3 aromatic heterocycles. The summed E-state index contributed by atoms with van der Waals surface area (Å²) in [5.74, 6) is 0. The van der Waals surface area contributed by atoms with Crippen LogP contribution in [0.15, 0.2) is 176 Å². The van der Waals surface area contributed by atoms with E-state index in [9.17, 15) is 0 Å². The third-order valence-corrected chi connectivity index (χ3v) is 11.6. The first-order valence-corrected chi connectivity index (χ1v) is 17.9. The van der Waals surface area contributed by atoms with Gasteiger partial charge in [0.25, 0.3) is 0 Å². The van der Waals surface area contributed by atoms with Crippen molar-refractivity contribution < 1.29 is 0 Å². The SMILES string of the molecule is c1ccc(-n2c3ccccc3c3cc4c(cc32)C2(c3ccccc3-c3ccc(-c5ccc6ccc7cccnc7c6n5)cc32)c2ccccc2-4)cc1. The fourth-order valence-electron chi connectivity index (χ4n) is 9.50. The van der Waals surface area contributed by atoms with Crippen LogP contribution in [0.4, 0.5) is 0 Å². The van der Waals surface area contributed by atoms with Gasteiger partial charge in [-0.1, -0.05) is 121 Å². The number of hydrogen-bond acceptors (Lipinski definition) is 2. The van der Waals surface area contributed by atoms with Crippen molar-refractivity contribution in [3.63, 3.8) is 0 Å². The Bertz CT molecular complexity index is 3140. The highest BCUT2D eigenvalue weighted by Gasteiger charge is 2.52. The van der Waals surface area contributed by atoms with Crippen LogP contribution in [0.3, 0.4) is 0 Å². The molecule has 2 aliphatic rings. The molecule has 3 heterocycles. The average Bonchev–Trinajstić information content (AvgIpc) is 3.81. The van der Waals surface area contributed by atoms with Crippen molar-refractivity contribution in [2.24, 2.45) is 0 Å². The molecule has 0 saturated heterocycles. The van der Waals surface area contributed by atoms with Crippen molar-refractivity contribution in [2.45, 2.75) is 5.41 Å². The molecule has 0 saturated carbocycles. The molecule has 1 spiro atoms. The predicted octanol–water partition coefficient (Wildman–Crippen LogP) is 11.9. The van der Waals surface area contributed by atoms with Crippen molar-refractivity contribution in [3.05, 3.63) is 198 Å². The van der Waals surface area contributed by atoms with Crippen molar-refractivity contribution in [3.8, 4) is 39.2 Å². The molecule has 0 bridgehead atoms. The minimum absolute atomic E-state index is 0.495. The first kappa shape index (κ1) is 27.9. The molecule has 1 unspecified atom stereocenters. The normalized spacial score (nSPS) is 15.4. The van der Waals surface area contributed by atoms with Gasteiger partial charge in [0.05, 0.1) is 33.2 Å². The van der Waals surface area contributed by atoms with Crippen molar-refractivity contribution in [1.29, 1.82) is 0 Å². The van der Waals surface area contributed by atoms with Crippen LogP contribution in [-0.2, 0) is 5.41 Å². The summed E-state index contributed by atoms with van der Waals surface area (Å²) in [5.41, 5.74) is 17.5. The third-order valence-electron chi connectivity index (χ3n) is 11.6. The second kappa shape index (κ2) is 10.1. The highest BCUT2D eigenvalue weighted by molar-refractivity contribution is 6.12. The Balaban J connectivity index is 1.18. The summed E-state index contributed by atoms with van der Waals surface area (Å²) < 4.78 is 2.44. The largest absolute Gasteiger partial charge is 0.309 e. The number of hydrogen-bond donors (Lipinski definition) is 0.